The molecule has 0 fully saturated rings. The molecule has 1 aromatic heterocycles. The Morgan fingerprint density at radius 3 is 2.74 bits per heavy atom. The molecule has 7 nitrogen and oxygen atoms in total. The van der Waals surface area contributed by atoms with Crippen molar-refractivity contribution in [3.8, 4) is 0 Å². The van der Waals surface area contributed by atoms with E-state index in [0.717, 1.165) is 6.07 Å². The number of nitrogens with one attached hydrogen (secondary N) is 1. The summed E-state index contributed by atoms with van der Waals surface area (Å²) in [6.07, 6.45) is 1.46. The summed E-state index contributed by atoms with van der Waals surface area (Å²) in [5.41, 5.74) is -0.298. The van der Waals surface area contributed by atoms with Crippen molar-refractivity contribution in [2.45, 2.75) is 6.54 Å². The first-order chi connectivity index (χ1) is 8.99. The molecular weight excluding hydrogens is 260 g/mol. The van der Waals surface area contributed by atoms with Crippen molar-refractivity contribution < 1.29 is 13.7 Å². The molecule has 0 aliphatic rings. The number of halogens is 2. The first kappa shape index (κ1) is 12.9. The number of nitro benzene ring substituents is 1. The molecule has 1 aromatic carbocycles. The van der Waals surface area contributed by atoms with Crippen LogP contribution in [0.4, 0.5) is 20.2 Å². The number of aromatic nitrogens is 3. The van der Waals surface area contributed by atoms with Crippen LogP contribution in [0, 0.1) is 21.7 Å². The molecule has 0 aliphatic carbocycles. The zero-order valence-electron chi connectivity index (χ0n) is 9.80. The third-order valence-electron chi connectivity index (χ3n) is 2.50. The number of nitro groups is 1. The minimum absolute atomic E-state index is 0.156. The van der Waals surface area contributed by atoms with E-state index in [9.17, 15) is 18.9 Å². The SMILES string of the molecule is Cn1nncc1CNc1cc([N+](=O)[O-])c(F)cc1F. The lowest BCUT2D eigenvalue weighted by Gasteiger charge is -2.07. The third kappa shape index (κ3) is 2.64. The van der Waals surface area contributed by atoms with Crippen LogP contribution in [-0.2, 0) is 13.6 Å². The fourth-order valence-corrected chi connectivity index (χ4v) is 1.47. The van der Waals surface area contributed by atoms with E-state index in [0.29, 0.717) is 11.8 Å². The van der Waals surface area contributed by atoms with Gasteiger partial charge in [0.1, 0.15) is 5.82 Å². The van der Waals surface area contributed by atoms with E-state index in [1.54, 1.807) is 7.05 Å². The maximum absolute atomic E-state index is 13.5. The number of nitrogens with zero attached hydrogens (tertiary/aromatic N) is 4. The Balaban J connectivity index is 2.23. The van der Waals surface area contributed by atoms with Crippen molar-refractivity contribution >= 4 is 11.4 Å². The molecule has 100 valence electrons. The van der Waals surface area contributed by atoms with Gasteiger partial charge in [0.05, 0.1) is 29.0 Å². The molecule has 0 radical (unpaired) electrons. The second kappa shape index (κ2) is 4.96. The van der Waals surface area contributed by atoms with Crippen LogP contribution in [0.25, 0.3) is 0 Å². The van der Waals surface area contributed by atoms with Crippen LogP contribution in [0.15, 0.2) is 18.3 Å². The fourth-order valence-electron chi connectivity index (χ4n) is 1.47. The Morgan fingerprint density at radius 2 is 2.16 bits per heavy atom. The van der Waals surface area contributed by atoms with Crippen molar-refractivity contribution in [1.82, 2.24) is 15.0 Å². The maximum Gasteiger partial charge on any atom is 0.307 e. The lowest BCUT2D eigenvalue weighted by molar-refractivity contribution is -0.387. The molecule has 2 aromatic rings. The Bertz CT molecular complexity index is 628. The maximum atomic E-state index is 13.5. The monoisotopic (exact) mass is 269 g/mol. The smallest absolute Gasteiger partial charge is 0.307 e. The van der Waals surface area contributed by atoms with Gasteiger partial charge in [-0.1, -0.05) is 5.21 Å². The Hall–Kier alpha value is -2.58. The number of anilines is 1. The van der Waals surface area contributed by atoms with Gasteiger partial charge in [0.25, 0.3) is 0 Å². The number of hydrogen-bond donors (Lipinski definition) is 1. The zero-order chi connectivity index (χ0) is 14.0. The average Bonchev–Trinajstić information content (AvgIpc) is 2.73. The van der Waals surface area contributed by atoms with Crippen LogP contribution < -0.4 is 5.32 Å². The standard InChI is InChI=1S/C10H9F2N5O2/c1-16-6(5-14-15-16)4-13-9-3-10(17(18)19)8(12)2-7(9)11/h2-3,5,13H,4H2,1H3. The van der Waals surface area contributed by atoms with Crippen LogP contribution in [0.5, 0.6) is 0 Å². The summed E-state index contributed by atoms with van der Waals surface area (Å²) in [6.45, 7) is 0.156. The minimum Gasteiger partial charge on any atom is -0.377 e. The zero-order valence-corrected chi connectivity index (χ0v) is 9.80. The van der Waals surface area contributed by atoms with Gasteiger partial charge < -0.3 is 5.32 Å². The fraction of sp³-hybridized carbons (Fsp3) is 0.200. The molecule has 0 spiro atoms. The number of hydrogen-bond acceptors (Lipinski definition) is 5. The molecule has 0 saturated heterocycles. The summed E-state index contributed by atoms with van der Waals surface area (Å²) in [5, 5.41) is 20.5. The van der Waals surface area contributed by atoms with Gasteiger partial charge in [-0.15, -0.1) is 5.10 Å². The third-order valence-corrected chi connectivity index (χ3v) is 2.50. The average molecular weight is 269 g/mol. The van der Waals surface area contributed by atoms with E-state index >= 15 is 0 Å². The summed E-state index contributed by atoms with van der Waals surface area (Å²) in [5.74, 6) is -2.12. The van der Waals surface area contributed by atoms with E-state index in [4.69, 9.17) is 0 Å². The van der Waals surface area contributed by atoms with Crippen molar-refractivity contribution in [2.75, 3.05) is 5.32 Å². The highest BCUT2D eigenvalue weighted by molar-refractivity contribution is 5.53. The van der Waals surface area contributed by atoms with Crippen LogP contribution in [0.2, 0.25) is 0 Å². The summed E-state index contributed by atoms with van der Waals surface area (Å²) in [7, 11) is 1.65. The second-order valence-electron chi connectivity index (χ2n) is 3.74. The lowest BCUT2D eigenvalue weighted by atomic mass is 10.2. The van der Waals surface area contributed by atoms with E-state index in [-0.39, 0.29) is 12.2 Å². The van der Waals surface area contributed by atoms with Crippen LogP contribution in [-0.4, -0.2) is 19.9 Å². The Morgan fingerprint density at radius 1 is 1.42 bits per heavy atom. The van der Waals surface area contributed by atoms with Gasteiger partial charge in [0, 0.05) is 19.2 Å². The molecule has 0 bridgehead atoms. The molecule has 0 amide bonds. The number of aryl methyl sites for hydroxylation is 1. The van der Waals surface area contributed by atoms with Gasteiger partial charge in [-0.05, 0) is 0 Å². The second-order valence-corrected chi connectivity index (χ2v) is 3.74. The van der Waals surface area contributed by atoms with Gasteiger partial charge in [-0.25, -0.2) is 4.39 Å². The summed E-state index contributed by atoms with van der Waals surface area (Å²) in [4.78, 5) is 9.65. The highest BCUT2D eigenvalue weighted by Crippen LogP contribution is 2.25. The van der Waals surface area contributed by atoms with Gasteiger partial charge >= 0.3 is 5.69 Å². The molecule has 2 rings (SSSR count). The molecule has 0 unspecified atom stereocenters. The first-order valence-electron chi connectivity index (χ1n) is 5.20. The van der Waals surface area contributed by atoms with Crippen molar-refractivity contribution in [3.63, 3.8) is 0 Å². The predicted molar refractivity (Wildman–Crippen MR) is 61.3 cm³/mol. The van der Waals surface area contributed by atoms with Crippen molar-refractivity contribution in [3.05, 3.63) is 45.8 Å². The van der Waals surface area contributed by atoms with E-state index in [2.05, 4.69) is 15.6 Å². The van der Waals surface area contributed by atoms with E-state index in [1.165, 1.54) is 10.9 Å². The van der Waals surface area contributed by atoms with Crippen molar-refractivity contribution in [1.29, 1.82) is 0 Å². The van der Waals surface area contributed by atoms with Crippen LogP contribution in [0.3, 0.4) is 0 Å². The molecule has 1 heterocycles. The topological polar surface area (TPSA) is 85.9 Å². The molecule has 0 saturated carbocycles. The molecule has 19 heavy (non-hydrogen) atoms. The molecule has 1 N–H and O–H groups in total. The molecule has 9 heteroatoms. The predicted octanol–water partition coefficient (Wildman–Crippen LogP) is 1.61. The van der Waals surface area contributed by atoms with Gasteiger partial charge in [-0.2, -0.15) is 4.39 Å². The summed E-state index contributed by atoms with van der Waals surface area (Å²) in [6, 6.07) is 1.29. The largest absolute Gasteiger partial charge is 0.377 e. The molecule has 0 aliphatic heterocycles. The highest BCUT2D eigenvalue weighted by Gasteiger charge is 2.18. The van der Waals surface area contributed by atoms with Gasteiger partial charge in [0.2, 0.25) is 5.82 Å². The van der Waals surface area contributed by atoms with Crippen molar-refractivity contribution in [2.24, 2.45) is 7.05 Å². The number of rotatable bonds is 4. The lowest BCUT2D eigenvalue weighted by Crippen LogP contribution is -2.07. The Labute approximate surface area is 106 Å². The normalized spacial score (nSPS) is 10.5. The molecule has 0 atom stereocenters. The first-order valence-corrected chi connectivity index (χ1v) is 5.20. The summed E-state index contributed by atoms with van der Waals surface area (Å²) >= 11 is 0. The minimum atomic E-state index is -1.21. The van der Waals surface area contributed by atoms with E-state index in [1.807, 2.05) is 0 Å². The highest BCUT2D eigenvalue weighted by atomic mass is 19.1. The quantitative estimate of drug-likeness (QED) is 0.673. The van der Waals surface area contributed by atoms with Gasteiger partial charge in [-0.3, -0.25) is 14.8 Å². The van der Waals surface area contributed by atoms with Gasteiger partial charge in [0.15, 0.2) is 0 Å². The Kier molecular flexibility index (Phi) is 3.36. The van der Waals surface area contributed by atoms with Crippen LogP contribution >= 0.6 is 0 Å². The van der Waals surface area contributed by atoms with E-state index < -0.39 is 22.2 Å². The molecular formula is C10H9F2N5O2. The summed E-state index contributed by atoms with van der Waals surface area (Å²) < 4.78 is 28.0. The van der Waals surface area contributed by atoms with Crippen LogP contribution in [0.1, 0.15) is 5.69 Å². The number of benzene rings is 1.